The molecule has 0 radical (unpaired) electrons. The SMILES string of the molecule is [2H]C([2H])([2H])O[C@@H]1[C@H](C)[C@@H](CO)O[C@H]1n1cnc2c(N)ncnc21. The maximum Gasteiger partial charge on any atom is 0.167 e. The van der Waals surface area contributed by atoms with E-state index in [1.807, 2.05) is 0 Å². The molecule has 108 valence electrons. The Morgan fingerprint density at radius 3 is 3.15 bits per heavy atom. The Hall–Kier alpha value is -1.77. The zero-order valence-corrected chi connectivity index (χ0v) is 10.8. The van der Waals surface area contributed by atoms with Gasteiger partial charge in [0.2, 0.25) is 0 Å². The van der Waals surface area contributed by atoms with Crippen molar-refractivity contribution in [2.24, 2.45) is 5.92 Å². The summed E-state index contributed by atoms with van der Waals surface area (Å²) < 4.78 is 34.6. The summed E-state index contributed by atoms with van der Waals surface area (Å²) in [6.45, 7) is 1.52. The molecule has 8 nitrogen and oxygen atoms in total. The summed E-state index contributed by atoms with van der Waals surface area (Å²) in [4.78, 5) is 12.1. The number of aromatic nitrogens is 4. The van der Waals surface area contributed by atoms with Crippen molar-refractivity contribution >= 4 is 17.0 Å². The van der Waals surface area contributed by atoms with E-state index in [1.54, 1.807) is 11.5 Å². The molecular weight excluding hydrogens is 262 g/mol. The molecule has 3 rings (SSSR count). The van der Waals surface area contributed by atoms with Crippen molar-refractivity contribution < 1.29 is 18.7 Å². The van der Waals surface area contributed by atoms with Crippen LogP contribution in [0.4, 0.5) is 5.82 Å². The quantitative estimate of drug-likeness (QED) is 0.812. The minimum absolute atomic E-state index is 0.215. The van der Waals surface area contributed by atoms with Gasteiger partial charge in [-0.25, -0.2) is 15.0 Å². The van der Waals surface area contributed by atoms with E-state index in [4.69, 9.17) is 19.3 Å². The first-order chi connectivity index (χ1) is 10.8. The predicted molar refractivity (Wildman–Crippen MR) is 70.7 cm³/mol. The molecule has 2 aromatic heterocycles. The van der Waals surface area contributed by atoms with Crippen LogP contribution in [0, 0.1) is 5.92 Å². The number of nitrogen functional groups attached to an aromatic ring is 1. The van der Waals surface area contributed by atoms with Gasteiger partial charge in [-0.3, -0.25) is 4.57 Å². The van der Waals surface area contributed by atoms with Gasteiger partial charge in [0, 0.05) is 13.0 Å². The van der Waals surface area contributed by atoms with Crippen LogP contribution in [0.2, 0.25) is 0 Å². The van der Waals surface area contributed by atoms with E-state index in [2.05, 4.69) is 15.0 Å². The molecule has 0 saturated carbocycles. The van der Waals surface area contributed by atoms with Crippen LogP contribution in [0.1, 0.15) is 17.3 Å². The van der Waals surface area contributed by atoms with Crippen LogP contribution in [0.25, 0.3) is 11.2 Å². The maximum absolute atomic E-state index is 9.43. The highest BCUT2D eigenvalue weighted by atomic mass is 16.6. The van der Waals surface area contributed by atoms with Gasteiger partial charge in [-0.05, 0) is 0 Å². The Morgan fingerprint density at radius 1 is 1.55 bits per heavy atom. The second kappa shape index (κ2) is 4.97. The van der Waals surface area contributed by atoms with E-state index >= 15 is 0 Å². The summed E-state index contributed by atoms with van der Waals surface area (Å²) in [7, 11) is -2.59. The Bertz CT molecular complexity index is 707. The van der Waals surface area contributed by atoms with Crippen LogP contribution in [-0.2, 0) is 9.47 Å². The molecule has 1 saturated heterocycles. The minimum atomic E-state index is -2.59. The topological polar surface area (TPSA) is 108 Å². The van der Waals surface area contributed by atoms with Crippen molar-refractivity contribution in [1.29, 1.82) is 0 Å². The number of hydrogen-bond donors (Lipinski definition) is 2. The van der Waals surface area contributed by atoms with E-state index in [-0.39, 0.29) is 18.3 Å². The number of hydrogen-bond acceptors (Lipinski definition) is 7. The number of nitrogens with two attached hydrogens (primary N) is 1. The summed E-state index contributed by atoms with van der Waals surface area (Å²) in [6, 6.07) is 0. The zero-order valence-electron chi connectivity index (χ0n) is 13.8. The second-order valence-corrected chi connectivity index (χ2v) is 4.77. The molecule has 3 heterocycles. The molecule has 0 spiro atoms. The zero-order chi connectivity index (χ0) is 16.8. The van der Waals surface area contributed by atoms with Gasteiger partial charge >= 0.3 is 0 Å². The number of methoxy groups -OCH3 is 1. The number of rotatable bonds is 3. The number of nitrogens with zero attached hydrogens (tertiary/aromatic N) is 4. The van der Waals surface area contributed by atoms with Gasteiger partial charge in [0.1, 0.15) is 17.9 Å². The summed E-state index contributed by atoms with van der Waals surface area (Å²) in [5.74, 6) is -0.117. The van der Waals surface area contributed by atoms with Gasteiger partial charge in [0.05, 0.1) is 23.2 Å². The van der Waals surface area contributed by atoms with E-state index in [0.29, 0.717) is 11.2 Å². The van der Waals surface area contributed by atoms with Crippen LogP contribution < -0.4 is 5.73 Å². The molecule has 2 aromatic rings. The Morgan fingerprint density at radius 2 is 2.40 bits per heavy atom. The minimum Gasteiger partial charge on any atom is -0.394 e. The molecule has 4 atom stereocenters. The molecule has 1 aliphatic heterocycles. The molecular formula is C12H17N5O3. The normalized spacial score (nSPS) is 33.0. The smallest absolute Gasteiger partial charge is 0.167 e. The third-order valence-electron chi connectivity index (χ3n) is 3.68. The average Bonchev–Trinajstić information content (AvgIpc) is 3.01. The number of fused-ring (bicyclic) bond motifs is 1. The first-order valence-corrected chi connectivity index (χ1v) is 6.19. The van der Waals surface area contributed by atoms with Gasteiger partial charge < -0.3 is 20.3 Å². The largest absolute Gasteiger partial charge is 0.394 e. The number of anilines is 1. The number of aliphatic hydroxyl groups is 1. The molecule has 8 heteroatoms. The first-order valence-electron chi connectivity index (χ1n) is 7.69. The van der Waals surface area contributed by atoms with Crippen LogP contribution >= 0.6 is 0 Å². The molecule has 0 bridgehead atoms. The molecule has 0 aliphatic carbocycles. The second-order valence-electron chi connectivity index (χ2n) is 4.77. The van der Waals surface area contributed by atoms with Crippen molar-refractivity contribution in [3.8, 4) is 0 Å². The maximum atomic E-state index is 9.43. The molecule has 3 N–H and O–H groups in total. The third-order valence-corrected chi connectivity index (χ3v) is 3.68. The fourth-order valence-electron chi connectivity index (χ4n) is 2.51. The van der Waals surface area contributed by atoms with Crippen LogP contribution in [0.3, 0.4) is 0 Å². The predicted octanol–water partition coefficient (Wildman–Crippen LogP) is -0.0507. The van der Waals surface area contributed by atoms with Crippen LogP contribution in [-0.4, -0.2) is 50.5 Å². The highest BCUT2D eigenvalue weighted by molar-refractivity contribution is 5.81. The Kier molecular flexibility index (Phi) is 2.49. The van der Waals surface area contributed by atoms with E-state index in [1.165, 1.54) is 12.7 Å². The summed E-state index contributed by atoms with van der Waals surface area (Å²) in [5, 5.41) is 9.43. The van der Waals surface area contributed by atoms with Crippen molar-refractivity contribution in [2.75, 3.05) is 19.4 Å². The Balaban J connectivity index is 2.02. The third kappa shape index (κ3) is 1.84. The lowest BCUT2D eigenvalue weighted by Gasteiger charge is -2.20. The monoisotopic (exact) mass is 282 g/mol. The molecule has 0 amide bonds. The summed E-state index contributed by atoms with van der Waals surface area (Å²) in [6.07, 6.45) is 0.596. The molecule has 20 heavy (non-hydrogen) atoms. The van der Waals surface area contributed by atoms with E-state index in [9.17, 15) is 5.11 Å². The van der Waals surface area contributed by atoms with Gasteiger partial charge in [0.25, 0.3) is 0 Å². The fraction of sp³-hybridized carbons (Fsp3) is 0.583. The van der Waals surface area contributed by atoms with Crippen molar-refractivity contribution in [3.63, 3.8) is 0 Å². The highest BCUT2D eigenvalue weighted by Gasteiger charge is 2.43. The van der Waals surface area contributed by atoms with Crippen LogP contribution in [0.5, 0.6) is 0 Å². The molecule has 0 unspecified atom stereocenters. The number of imidazole rings is 1. The van der Waals surface area contributed by atoms with Gasteiger partial charge in [0.15, 0.2) is 17.7 Å². The van der Waals surface area contributed by atoms with Crippen LogP contribution in [0.15, 0.2) is 12.7 Å². The average molecular weight is 282 g/mol. The summed E-state index contributed by atoms with van der Waals surface area (Å²) in [5.41, 5.74) is 6.56. The Labute approximate surface area is 119 Å². The molecule has 1 fully saturated rings. The van der Waals surface area contributed by atoms with Crippen molar-refractivity contribution in [2.45, 2.75) is 25.4 Å². The number of ether oxygens (including phenoxy) is 2. The van der Waals surface area contributed by atoms with Gasteiger partial charge in [-0.15, -0.1) is 0 Å². The van der Waals surface area contributed by atoms with Gasteiger partial charge in [-0.2, -0.15) is 0 Å². The van der Waals surface area contributed by atoms with E-state index in [0.717, 1.165) is 0 Å². The fourth-order valence-corrected chi connectivity index (χ4v) is 2.51. The summed E-state index contributed by atoms with van der Waals surface area (Å²) >= 11 is 0. The van der Waals surface area contributed by atoms with Gasteiger partial charge in [-0.1, -0.05) is 6.92 Å². The van der Waals surface area contributed by atoms with Crippen molar-refractivity contribution in [1.82, 2.24) is 19.5 Å². The van der Waals surface area contributed by atoms with Crippen molar-refractivity contribution in [3.05, 3.63) is 12.7 Å². The number of aliphatic hydroxyl groups excluding tert-OH is 1. The lowest BCUT2D eigenvalue weighted by Crippen LogP contribution is -2.27. The highest BCUT2D eigenvalue weighted by Crippen LogP contribution is 2.36. The molecule has 1 aliphatic rings. The molecule has 0 aromatic carbocycles. The lowest BCUT2D eigenvalue weighted by atomic mass is 10.0. The lowest BCUT2D eigenvalue weighted by molar-refractivity contribution is -0.0583. The standard InChI is InChI=1S/C12H17N5O3/c1-6-7(3-18)20-12(9(6)19-2)17-5-16-8-10(13)14-4-15-11(8)17/h4-7,9,12,18H,3H2,1-2H3,(H2,13,14,15)/t6-,7-,9-,12-/m1/s1/i2D3. The van der Waals surface area contributed by atoms with E-state index < -0.39 is 25.5 Å². The first kappa shape index (κ1) is 10.0.